The van der Waals surface area contributed by atoms with E-state index in [0.717, 1.165) is 5.56 Å². The zero-order valence-electron chi connectivity index (χ0n) is 17.8. The Morgan fingerprint density at radius 1 is 1.15 bits per heavy atom. The monoisotopic (exact) mass is 473 g/mol. The molecular weight excluding hydrogens is 454 g/mol. The lowest BCUT2D eigenvalue weighted by Crippen LogP contribution is -2.26. The second kappa shape index (κ2) is 10.4. The summed E-state index contributed by atoms with van der Waals surface area (Å²) in [5.41, 5.74) is 13.8. The molecule has 0 atom stereocenters. The third kappa shape index (κ3) is 5.81. The molecule has 0 saturated heterocycles. The third-order valence-electron chi connectivity index (χ3n) is 4.52. The maximum absolute atomic E-state index is 12.6. The van der Waals surface area contributed by atoms with Gasteiger partial charge in [-0.25, -0.2) is 19.9 Å². The summed E-state index contributed by atoms with van der Waals surface area (Å²) in [4.78, 5) is 29.6. The van der Waals surface area contributed by atoms with Crippen molar-refractivity contribution in [2.45, 2.75) is 6.54 Å². The molecule has 0 fully saturated rings. The van der Waals surface area contributed by atoms with Crippen molar-refractivity contribution in [3.05, 3.63) is 89.2 Å². The topological polar surface area (TPSA) is 161 Å². The first-order valence-corrected chi connectivity index (χ1v) is 10.5. The van der Waals surface area contributed by atoms with Crippen molar-refractivity contribution in [3.8, 4) is 11.3 Å². The number of nitrogens with two attached hydrogens (primary N) is 2. The minimum Gasteiger partial charge on any atom is -0.384 e. The maximum Gasteiger partial charge on any atom is 0.274 e. The van der Waals surface area contributed by atoms with Gasteiger partial charge in [0.25, 0.3) is 5.91 Å². The summed E-state index contributed by atoms with van der Waals surface area (Å²) in [5, 5.41) is 10.1. The number of halogens is 1. The first-order valence-electron chi connectivity index (χ1n) is 10.1. The molecule has 0 spiro atoms. The Morgan fingerprint density at radius 3 is 2.76 bits per heavy atom. The van der Waals surface area contributed by atoms with E-state index in [1.807, 2.05) is 30.3 Å². The number of aliphatic imine (C=N–C) groups is 1. The van der Waals surface area contributed by atoms with E-state index in [-0.39, 0.29) is 23.9 Å². The molecular formula is C23H20ClN9O. The molecule has 1 amide bonds. The molecule has 0 unspecified atom stereocenters. The molecule has 4 rings (SSSR count). The summed E-state index contributed by atoms with van der Waals surface area (Å²) < 4.78 is 0. The average Bonchev–Trinajstić information content (AvgIpc) is 3.30. The van der Waals surface area contributed by atoms with Gasteiger partial charge in [-0.15, -0.1) is 0 Å². The molecule has 0 aliphatic heterocycles. The lowest BCUT2D eigenvalue weighted by atomic mass is 10.1. The van der Waals surface area contributed by atoms with E-state index < -0.39 is 5.91 Å². The Labute approximate surface area is 199 Å². The highest BCUT2D eigenvalue weighted by atomic mass is 35.5. The summed E-state index contributed by atoms with van der Waals surface area (Å²) in [6.07, 6.45) is 4.69. The van der Waals surface area contributed by atoms with E-state index in [0.29, 0.717) is 28.1 Å². The van der Waals surface area contributed by atoms with Crippen LogP contribution in [0.4, 0.5) is 11.5 Å². The van der Waals surface area contributed by atoms with Gasteiger partial charge in [-0.1, -0.05) is 48.0 Å². The second-order valence-corrected chi connectivity index (χ2v) is 7.46. The number of aromatic nitrogens is 5. The molecule has 2 heterocycles. The van der Waals surface area contributed by atoms with Gasteiger partial charge in [0.1, 0.15) is 11.7 Å². The van der Waals surface area contributed by atoms with Crippen LogP contribution in [0.5, 0.6) is 0 Å². The van der Waals surface area contributed by atoms with Gasteiger partial charge in [0.15, 0.2) is 17.3 Å². The molecule has 2 aromatic heterocycles. The zero-order chi connectivity index (χ0) is 23.9. The van der Waals surface area contributed by atoms with Crippen LogP contribution in [0.1, 0.15) is 22.1 Å². The summed E-state index contributed by atoms with van der Waals surface area (Å²) in [5.74, 6) is 0.624. The molecule has 6 N–H and O–H groups in total. The first kappa shape index (κ1) is 22.6. The number of nitrogens with one attached hydrogen (secondary N) is 2. The van der Waals surface area contributed by atoms with Gasteiger partial charge in [0.05, 0.1) is 24.1 Å². The lowest BCUT2D eigenvalue weighted by Gasteiger charge is -2.07. The maximum atomic E-state index is 12.6. The fraction of sp³-hybridized carbons (Fsp3) is 0.0435. The standard InChI is InChI=1S/C23H20ClN9O/c24-15-7-4-8-16(11-15)29-18(25)9-10-19-31-20(33-32-19)13-28-23(34)21-22(26)27-12-17(30-21)14-5-2-1-3-6-14/h1-12H,13H2,(H2,25,29)(H2,26,27)(H,28,34)(H,31,32,33)/b10-9-. The van der Waals surface area contributed by atoms with Gasteiger partial charge in [-0.2, -0.15) is 5.10 Å². The number of hydrogen-bond acceptors (Lipinski definition) is 7. The van der Waals surface area contributed by atoms with Crippen LogP contribution in [-0.4, -0.2) is 36.9 Å². The predicted octanol–water partition coefficient (Wildman–Crippen LogP) is 3.13. The number of amidine groups is 1. The van der Waals surface area contributed by atoms with Gasteiger partial charge in [0.2, 0.25) is 0 Å². The van der Waals surface area contributed by atoms with Crippen LogP contribution in [0, 0.1) is 0 Å². The summed E-state index contributed by atoms with van der Waals surface area (Å²) >= 11 is 5.94. The molecule has 0 aliphatic carbocycles. The van der Waals surface area contributed by atoms with Crippen LogP contribution in [0.3, 0.4) is 0 Å². The molecule has 34 heavy (non-hydrogen) atoms. The Hall–Kier alpha value is -4.57. The quantitative estimate of drug-likeness (QED) is 0.237. The smallest absolute Gasteiger partial charge is 0.274 e. The SMILES string of the molecule is NC(/C=C\c1n[nH]c(CNC(=O)c2nc(-c3ccccc3)cnc2N)n1)=Nc1cccc(Cl)c1. The van der Waals surface area contributed by atoms with Crippen molar-refractivity contribution in [1.82, 2.24) is 30.5 Å². The summed E-state index contributed by atoms with van der Waals surface area (Å²) in [7, 11) is 0. The number of carbonyl (C=O) groups excluding carboxylic acids is 1. The molecule has 10 nitrogen and oxygen atoms in total. The van der Waals surface area contributed by atoms with E-state index >= 15 is 0 Å². The van der Waals surface area contributed by atoms with Crippen LogP contribution in [0.25, 0.3) is 17.3 Å². The zero-order valence-corrected chi connectivity index (χ0v) is 18.6. The first-order chi connectivity index (χ1) is 16.5. The van der Waals surface area contributed by atoms with Crippen molar-refractivity contribution in [3.63, 3.8) is 0 Å². The Bertz CT molecular complexity index is 1370. The molecule has 11 heteroatoms. The third-order valence-corrected chi connectivity index (χ3v) is 4.76. The van der Waals surface area contributed by atoms with Crippen molar-refractivity contribution in [1.29, 1.82) is 0 Å². The van der Waals surface area contributed by atoms with Crippen molar-refractivity contribution in [2.24, 2.45) is 10.7 Å². The predicted molar refractivity (Wildman–Crippen MR) is 131 cm³/mol. The number of hydrogen-bond donors (Lipinski definition) is 4. The highest BCUT2D eigenvalue weighted by Crippen LogP contribution is 2.19. The summed E-state index contributed by atoms with van der Waals surface area (Å²) in [6, 6.07) is 16.4. The van der Waals surface area contributed by atoms with E-state index in [4.69, 9.17) is 23.1 Å². The van der Waals surface area contributed by atoms with Gasteiger partial charge >= 0.3 is 0 Å². The molecule has 0 saturated carbocycles. The largest absolute Gasteiger partial charge is 0.384 e. The van der Waals surface area contributed by atoms with Crippen molar-refractivity contribution < 1.29 is 4.79 Å². The number of H-pyrrole nitrogens is 1. The van der Waals surface area contributed by atoms with Crippen molar-refractivity contribution in [2.75, 3.05) is 5.73 Å². The molecule has 0 bridgehead atoms. The van der Waals surface area contributed by atoms with E-state index in [1.165, 1.54) is 6.20 Å². The number of amides is 1. The Morgan fingerprint density at radius 2 is 1.97 bits per heavy atom. The van der Waals surface area contributed by atoms with Gasteiger partial charge in [0, 0.05) is 10.6 Å². The lowest BCUT2D eigenvalue weighted by molar-refractivity contribution is 0.0945. The van der Waals surface area contributed by atoms with Crippen molar-refractivity contribution >= 4 is 40.9 Å². The number of benzene rings is 2. The number of nitrogens with zero attached hydrogens (tertiary/aromatic N) is 5. The highest BCUT2D eigenvalue weighted by Gasteiger charge is 2.15. The molecule has 0 aliphatic rings. The van der Waals surface area contributed by atoms with E-state index in [2.05, 4.69) is 35.5 Å². The fourth-order valence-electron chi connectivity index (χ4n) is 2.92. The number of anilines is 1. The van der Waals surface area contributed by atoms with Gasteiger partial charge in [-0.3, -0.25) is 9.89 Å². The van der Waals surface area contributed by atoms with Gasteiger partial charge < -0.3 is 16.8 Å². The number of aromatic amines is 1. The van der Waals surface area contributed by atoms with E-state index in [9.17, 15) is 4.79 Å². The normalized spacial score (nSPS) is 11.6. The molecule has 2 aromatic carbocycles. The van der Waals surface area contributed by atoms with Crippen LogP contribution in [0.2, 0.25) is 5.02 Å². The highest BCUT2D eigenvalue weighted by molar-refractivity contribution is 6.30. The molecule has 170 valence electrons. The number of rotatable bonds is 7. The minimum absolute atomic E-state index is 0.0333. The van der Waals surface area contributed by atoms with Crippen LogP contribution >= 0.6 is 11.6 Å². The van der Waals surface area contributed by atoms with Gasteiger partial charge in [-0.05, 0) is 30.4 Å². The van der Waals surface area contributed by atoms with Crippen LogP contribution in [-0.2, 0) is 6.54 Å². The fourth-order valence-corrected chi connectivity index (χ4v) is 3.10. The average molecular weight is 474 g/mol. The summed E-state index contributed by atoms with van der Waals surface area (Å²) in [6.45, 7) is 0.0858. The van der Waals surface area contributed by atoms with Crippen LogP contribution in [0.15, 0.2) is 71.9 Å². The molecule has 0 radical (unpaired) electrons. The molecule has 4 aromatic rings. The van der Waals surface area contributed by atoms with E-state index in [1.54, 1.807) is 36.4 Å². The second-order valence-electron chi connectivity index (χ2n) is 7.03. The minimum atomic E-state index is -0.478. The number of carbonyl (C=O) groups is 1. The Kier molecular flexibility index (Phi) is 6.89. The Balaban J connectivity index is 1.38. The van der Waals surface area contributed by atoms with Crippen LogP contribution < -0.4 is 16.8 Å². The number of nitrogen functional groups attached to an aromatic ring is 1.